The molecule has 6 heteroatoms. The van der Waals surface area contributed by atoms with Crippen molar-refractivity contribution >= 4 is 24.2 Å². The molecule has 86 valence electrons. The van der Waals surface area contributed by atoms with Gasteiger partial charge in [0.1, 0.15) is 6.33 Å². The van der Waals surface area contributed by atoms with Crippen LogP contribution in [0.3, 0.4) is 0 Å². The predicted octanol–water partition coefficient (Wildman–Crippen LogP) is 1.68. The van der Waals surface area contributed by atoms with Gasteiger partial charge in [-0.25, -0.2) is 0 Å². The molecule has 5 nitrogen and oxygen atoms in total. The van der Waals surface area contributed by atoms with Crippen molar-refractivity contribution in [2.24, 2.45) is 0 Å². The number of hydrogen-bond donors (Lipinski definition) is 2. The van der Waals surface area contributed by atoms with E-state index in [-0.39, 0.29) is 5.91 Å². The zero-order valence-corrected chi connectivity index (χ0v) is 9.76. The molecule has 1 aromatic heterocycles. The van der Waals surface area contributed by atoms with Crippen molar-refractivity contribution in [3.8, 4) is 5.69 Å². The highest BCUT2D eigenvalue weighted by Gasteiger charge is 2.02. The predicted molar refractivity (Wildman–Crippen MR) is 67.4 cm³/mol. The summed E-state index contributed by atoms with van der Waals surface area (Å²) in [5, 5.41) is 10.7. The third-order valence-corrected chi connectivity index (χ3v) is 2.43. The van der Waals surface area contributed by atoms with Crippen LogP contribution in [0.2, 0.25) is 0 Å². The Kier molecular flexibility index (Phi) is 3.24. The van der Waals surface area contributed by atoms with Crippen LogP contribution in [0.4, 0.5) is 5.69 Å². The molecule has 0 bridgehead atoms. The van der Waals surface area contributed by atoms with E-state index in [1.54, 1.807) is 23.0 Å². The largest absolute Gasteiger partial charge is 0.323 e. The SMILES string of the molecule is C=CC(=O)Nc1ccc(-n2cnnc2S)cc1. The third-order valence-electron chi connectivity index (χ3n) is 2.13. The van der Waals surface area contributed by atoms with E-state index in [1.165, 1.54) is 6.08 Å². The quantitative estimate of drug-likeness (QED) is 0.640. The van der Waals surface area contributed by atoms with Crippen molar-refractivity contribution in [2.45, 2.75) is 5.16 Å². The summed E-state index contributed by atoms with van der Waals surface area (Å²) in [6, 6.07) is 7.23. The van der Waals surface area contributed by atoms with Gasteiger partial charge in [-0.2, -0.15) is 0 Å². The van der Waals surface area contributed by atoms with Gasteiger partial charge >= 0.3 is 0 Å². The van der Waals surface area contributed by atoms with Gasteiger partial charge in [0.2, 0.25) is 5.91 Å². The van der Waals surface area contributed by atoms with E-state index in [1.807, 2.05) is 12.1 Å². The maximum Gasteiger partial charge on any atom is 0.247 e. The van der Waals surface area contributed by atoms with Gasteiger partial charge in [-0.1, -0.05) is 6.58 Å². The highest BCUT2D eigenvalue weighted by molar-refractivity contribution is 7.80. The van der Waals surface area contributed by atoms with E-state index in [2.05, 4.69) is 34.7 Å². The molecular weight excluding hydrogens is 236 g/mol. The fourth-order valence-electron chi connectivity index (χ4n) is 1.31. The first-order valence-electron chi connectivity index (χ1n) is 4.83. The lowest BCUT2D eigenvalue weighted by molar-refractivity contribution is -0.111. The number of carbonyl (C=O) groups is 1. The van der Waals surface area contributed by atoms with E-state index in [0.717, 1.165) is 5.69 Å². The van der Waals surface area contributed by atoms with Crippen LogP contribution in [-0.4, -0.2) is 20.7 Å². The van der Waals surface area contributed by atoms with E-state index in [0.29, 0.717) is 10.8 Å². The van der Waals surface area contributed by atoms with Crippen LogP contribution in [-0.2, 0) is 4.79 Å². The second-order valence-corrected chi connectivity index (χ2v) is 3.64. The lowest BCUT2D eigenvalue weighted by Crippen LogP contribution is -2.07. The lowest BCUT2D eigenvalue weighted by atomic mass is 10.2. The number of nitrogens with one attached hydrogen (secondary N) is 1. The van der Waals surface area contributed by atoms with E-state index in [4.69, 9.17) is 0 Å². The highest BCUT2D eigenvalue weighted by Crippen LogP contribution is 2.15. The minimum absolute atomic E-state index is 0.239. The zero-order valence-electron chi connectivity index (χ0n) is 8.87. The molecule has 1 heterocycles. The van der Waals surface area contributed by atoms with Gasteiger partial charge in [-0.05, 0) is 30.3 Å². The van der Waals surface area contributed by atoms with Crippen molar-refractivity contribution < 1.29 is 4.79 Å². The fraction of sp³-hybridized carbons (Fsp3) is 0. The van der Waals surface area contributed by atoms with E-state index >= 15 is 0 Å². The highest BCUT2D eigenvalue weighted by atomic mass is 32.1. The van der Waals surface area contributed by atoms with Crippen molar-refractivity contribution in [3.05, 3.63) is 43.2 Å². The molecule has 0 saturated heterocycles. The number of anilines is 1. The Morgan fingerprint density at radius 3 is 2.65 bits per heavy atom. The number of hydrogen-bond acceptors (Lipinski definition) is 4. The molecule has 0 spiro atoms. The molecule has 0 radical (unpaired) electrons. The Balaban J connectivity index is 2.21. The molecule has 1 aromatic carbocycles. The van der Waals surface area contributed by atoms with Crippen LogP contribution in [0.15, 0.2) is 48.4 Å². The van der Waals surface area contributed by atoms with Gasteiger partial charge in [0.05, 0.1) is 0 Å². The fourth-order valence-corrected chi connectivity index (χ4v) is 1.53. The summed E-state index contributed by atoms with van der Waals surface area (Å²) in [4.78, 5) is 11.1. The zero-order chi connectivity index (χ0) is 12.3. The first-order chi connectivity index (χ1) is 8.20. The van der Waals surface area contributed by atoms with Crippen molar-refractivity contribution in [1.82, 2.24) is 14.8 Å². The topological polar surface area (TPSA) is 59.8 Å². The van der Waals surface area contributed by atoms with Gasteiger partial charge < -0.3 is 5.32 Å². The van der Waals surface area contributed by atoms with Gasteiger partial charge in [-0.3, -0.25) is 9.36 Å². The van der Waals surface area contributed by atoms with Crippen molar-refractivity contribution in [1.29, 1.82) is 0 Å². The third kappa shape index (κ3) is 2.54. The maximum absolute atomic E-state index is 11.1. The van der Waals surface area contributed by atoms with Crippen LogP contribution < -0.4 is 5.32 Å². The average molecular weight is 246 g/mol. The van der Waals surface area contributed by atoms with Crippen LogP contribution in [0.1, 0.15) is 0 Å². The standard InChI is InChI=1S/C11H10N4OS/c1-2-10(16)13-8-3-5-9(6-4-8)15-7-12-14-11(15)17/h2-7H,1H2,(H,13,16)(H,14,17). The Morgan fingerprint density at radius 2 is 2.12 bits per heavy atom. The molecule has 0 fully saturated rings. The number of nitrogens with zero attached hydrogens (tertiary/aromatic N) is 3. The first-order valence-corrected chi connectivity index (χ1v) is 5.28. The van der Waals surface area contributed by atoms with Crippen LogP contribution in [0.25, 0.3) is 5.69 Å². The lowest BCUT2D eigenvalue weighted by Gasteiger charge is -2.05. The van der Waals surface area contributed by atoms with Crippen LogP contribution >= 0.6 is 12.6 Å². The number of amides is 1. The summed E-state index contributed by atoms with van der Waals surface area (Å²) in [5.74, 6) is -0.239. The minimum atomic E-state index is -0.239. The number of benzene rings is 1. The molecule has 2 aromatic rings. The smallest absolute Gasteiger partial charge is 0.247 e. The summed E-state index contributed by atoms with van der Waals surface area (Å²) in [7, 11) is 0. The molecule has 0 saturated carbocycles. The summed E-state index contributed by atoms with van der Waals surface area (Å²) in [6.45, 7) is 3.38. The monoisotopic (exact) mass is 246 g/mol. The maximum atomic E-state index is 11.1. The second kappa shape index (κ2) is 4.84. The second-order valence-electron chi connectivity index (χ2n) is 3.24. The molecular formula is C11H10N4OS. The number of rotatable bonds is 3. The van der Waals surface area contributed by atoms with Crippen molar-refractivity contribution in [2.75, 3.05) is 5.32 Å². The molecule has 1 amide bonds. The Morgan fingerprint density at radius 1 is 1.41 bits per heavy atom. The van der Waals surface area contributed by atoms with Gasteiger partial charge in [0, 0.05) is 11.4 Å². The molecule has 0 atom stereocenters. The summed E-state index contributed by atoms with van der Waals surface area (Å²) < 4.78 is 1.72. The Bertz CT molecular complexity index is 547. The normalized spacial score (nSPS) is 9.94. The minimum Gasteiger partial charge on any atom is -0.323 e. The summed E-state index contributed by atoms with van der Waals surface area (Å²) in [5.41, 5.74) is 1.57. The first kappa shape index (κ1) is 11.4. The number of carbonyl (C=O) groups excluding carboxylic acids is 1. The van der Waals surface area contributed by atoms with Crippen molar-refractivity contribution in [3.63, 3.8) is 0 Å². The molecule has 17 heavy (non-hydrogen) atoms. The van der Waals surface area contributed by atoms with Gasteiger partial charge in [-0.15, -0.1) is 22.8 Å². The van der Waals surface area contributed by atoms with Gasteiger partial charge in [0.25, 0.3) is 0 Å². The molecule has 1 N–H and O–H groups in total. The van der Waals surface area contributed by atoms with E-state index < -0.39 is 0 Å². The van der Waals surface area contributed by atoms with Gasteiger partial charge in [0.15, 0.2) is 5.16 Å². The molecule has 0 aliphatic carbocycles. The molecule has 0 unspecified atom stereocenters. The van der Waals surface area contributed by atoms with Crippen LogP contribution in [0, 0.1) is 0 Å². The van der Waals surface area contributed by atoms with Crippen LogP contribution in [0.5, 0.6) is 0 Å². The summed E-state index contributed by atoms with van der Waals surface area (Å²) >= 11 is 4.16. The molecule has 0 aliphatic heterocycles. The number of thiol groups is 1. The average Bonchev–Trinajstić information content (AvgIpc) is 2.76. The van der Waals surface area contributed by atoms with E-state index in [9.17, 15) is 4.79 Å². The molecule has 2 rings (SSSR count). The summed E-state index contributed by atoms with van der Waals surface area (Å²) in [6.07, 6.45) is 2.79. The molecule has 0 aliphatic rings. The number of aromatic nitrogens is 3. The Labute approximate surface area is 104 Å². The Hall–Kier alpha value is -2.08.